The molecule has 1 aromatic carbocycles. The zero-order valence-corrected chi connectivity index (χ0v) is 11.8. The van der Waals surface area contributed by atoms with Gasteiger partial charge in [-0.2, -0.15) is 0 Å². The van der Waals surface area contributed by atoms with Gasteiger partial charge in [0, 0.05) is 17.4 Å². The van der Waals surface area contributed by atoms with E-state index in [1.54, 1.807) is 11.0 Å². The van der Waals surface area contributed by atoms with E-state index < -0.39 is 0 Å². The maximum absolute atomic E-state index is 11.3. The van der Waals surface area contributed by atoms with Crippen LogP contribution >= 0.6 is 15.9 Å². The van der Waals surface area contributed by atoms with Gasteiger partial charge in [-0.3, -0.25) is 10.1 Å². The standard InChI is InChI=1S/C12H14BrN5O/c13-10-3-1-2-9(6-10)7-18-8-15-12(17-18)16-11(19)4-5-14/h1-3,6,8H,4-5,7,14H2,(H,16,17,19). The summed E-state index contributed by atoms with van der Waals surface area (Å²) >= 11 is 3.42. The Kier molecular flexibility index (Phi) is 4.64. The number of anilines is 1. The van der Waals surface area contributed by atoms with Gasteiger partial charge >= 0.3 is 0 Å². The van der Waals surface area contributed by atoms with Crippen LogP contribution in [-0.2, 0) is 11.3 Å². The zero-order chi connectivity index (χ0) is 13.7. The second-order valence-corrected chi connectivity index (χ2v) is 4.90. The van der Waals surface area contributed by atoms with Crippen LogP contribution in [0.5, 0.6) is 0 Å². The number of rotatable bonds is 5. The molecule has 7 heteroatoms. The fourth-order valence-corrected chi connectivity index (χ4v) is 2.02. The summed E-state index contributed by atoms with van der Waals surface area (Å²) in [6.07, 6.45) is 1.85. The number of nitrogens with zero attached hydrogens (tertiary/aromatic N) is 3. The lowest BCUT2D eigenvalue weighted by molar-refractivity contribution is -0.116. The molecule has 19 heavy (non-hydrogen) atoms. The first kappa shape index (κ1) is 13.7. The minimum Gasteiger partial charge on any atom is -0.330 e. The Labute approximate surface area is 119 Å². The lowest BCUT2D eigenvalue weighted by Gasteiger charge is -2.01. The zero-order valence-electron chi connectivity index (χ0n) is 10.2. The monoisotopic (exact) mass is 323 g/mol. The largest absolute Gasteiger partial charge is 0.330 e. The molecule has 2 aromatic rings. The van der Waals surface area contributed by atoms with E-state index in [4.69, 9.17) is 5.73 Å². The predicted octanol–water partition coefficient (Wildman–Crippen LogP) is 1.38. The molecule has 1 amide bonds. The van der Waals surface area contributed by atoms with Crippen LogP contribution in [0.2, 0.25) is 0 Å². The van der Waals surface area contributed by atoms with Crippen LogP contribution in [0, 0.1) is 0 Å². The fourth-order valence-electron chi connectivity index (χ4n) is 1.57. The van der Waals surface area contributed by atoms with Gasteiger partial charge in [-0.15, -0.1) is 5.10 Å². The Hall–Kier alpha value is -1.73. The third-order valence-corrected chi connectivity index (χ3v) is 2.89. The molecular formula is C12H14BrN5O. The van der Waals surface area contributed by atoms with Gasteiger partial charge in [0.1, 0.15) is 6.33 Å². The first-order valence-corrected chi connectivity index (χ1v) is 6.60. The van der Waals surface area contributed by atoms with E-state index in [0.717, 1.165) is 10.0 Å². The molecule has 100 valence electrons. The van der Waals surface area contributed by atoms with Gasteiger partial charge in [0.25, 0.3) is 0 Å². The second-order valence-electron chi connectivity index (χ2n) is 3.98. The van der Waals surface area contributed by atoms with Crippen LogP contribution in [0.4, 0.5) is 5.95 Å². The summed E-state index contributed by atoms with van der Waals surface area (Å²) in [7, 11) is 0. The summed E-state index contributed by atoms with van der Waals surface area (Å²) < 4.78 is 2.68. The highest BCUT2D eigenvalue weighted by atomic mass is 79.9. The van der Waals surface area contributed by atoms with E-state index >= 15 is 0 Å². The molecule has 0 fully saturated rings. The van der Waals surface area contributed by atoms with Gasteiger partial charge in [-0.05, 0) is 17.7 Å². The van der Waals surface area contributed by atoms with Crippen molar-refractivity contribution in [3.8, 4) is 0 Å². The SMILES string of the molecule is NCCC(=O)Nc1ncn(Cc2cccc(Br)c2)n1. The van der Waals surface area contributed by atoms with Crippen molar-refractivity contribution in [2.45, 2.75) is 13.0 Å². The Bertz CT molecular complexity index is 569. The van der Waals surface area contributed by atoms with Gasteiger partial charge < -0.3 is 5.73 Å². The van der Waals surface area contributed by atoms with E-state index in [-0.39, 0.29) is 12.3 Å². The molecule has 1 heterocycles. The summed E-state index contributed by atoms with van der Waals surface area (Å²) in [6.45, 7) is 0.907. The van der Waals surface area contributed by atoms with Gasteiger partial charge in [-0.1, -0.05) is 28.1 Å². The van der Waals surface area contributed by atoms with Crippen LogP contribution in [0.1, 0.15) is 12.0 Å². The highest BCUT2D eigenvalue weighted by Crippen LogP contribution is 2.12. The highest BCUT2D eigenvalue weighted by molar-refractivity contribution is 9.10. The van der Waals surface area contributed by atoms with E-state index in [2.05, 4.69) is 31.3 Å². The van der Waals surface area contributed by atoms with Crippen molar-refractivity contribution in [3.05, 3.63) is 40.6 Å². The smallest absolute Gasteiger partial charge is 0.248 e. The number of hydrogen-bond donors (Lipinski definition) is 2. The number of nitrogens with one attached hydrogen (secondary N) is 1. The minimum absolute atomic E-state index is 0.178. The molecule has 0 unspecified atom stereocenters. The molecule has 0 radical (unpaired) electrons. The molecule has 0 saturated heterocycles. The Morgan fingerprint density at radius 1 is 1.47 bits per heavy atom. The number of nitrogens with two attached hydrogens (primary N) is 1. The first-order chi connectivity index (χ1) is 9.17. The average molecular weight is 324 g/mol. The van der Waals surface area contributed by atoms with E-state index in [9.17, 15) is 4.79 Å². The number of amides is 1. The number of hydrogen-bond acceptors (Lipinski definition) is 4. The minimum atomic E-state index is -0.178. The fraction of sp³-hybridized carbons (Fsp3) is 0.250. The van der Waals surface area contributed by atoms with Crippen LogP contribution in [0.15, 0.2) is 35.1 Å². The van der Waals surface area contributed by atoms with Gasteiger partial charge in [-0.25, -0.2) is 9.67 Å². The number of carbonyl (C=O) groups is 1. The van der Waals surface area contributed by atoms with Gasteiger partial charge in [0.15, 0.2) is 0 Å². The quantitative estimate of drug-likeness (QED) is 0.870. The van der Waals surface area contributed by atoms with Crippen molar-refractivity contribution < 1.29 is 4.79 Å². The molecule has 0 spiro atoms. The Balaban J connectivity index is 1.99. The third-order valence-electron chi connectivity index (χ3n) is 2.39. The molecule has 6 nitrogen and oxygen atoms in total. The normalized spacial score (nSPS) is 10.4. The summed E-state index contributed by atoms with van der Waals surface area (Å²) in [6, 6.07) is 7.93. The molecular weight excluding hydrogens is 310 g/mol. The number of aromatic nitrogens is 3. The molecule has 0 saturated carbocycles. The topological polar surface area (TPSA) is 85.8 Å². The van der Waals surface area contributed by atoms with Crippen molar-refractivity contribution in [3.63, 3.8) is 0 Å². The van der Waals surface area contributed by atoms with E-state index in [0.29, 0.717) is 19.0 Å². The molecule has 0 bridgehead atoms. The lowest BCUT2D eigenvalue weighted by Crippen LogP contribution is -2.17. The molecule has 3 N–H and O–H groups in total. The molecule has 0 aliphatic rings. The summed E-state index contributed by atoms with van der Waals surface area (Å²) in [4.78, 5) is 15.4. The Morgan fingerprint density at radius 3 is 3.05 bits per heavy atom. The first-order valence-electron chi connectivity index (χ1n) is 5.81. The third kappa shape index (κ3) is 4.15. The highest BCUT2D eigenvalue weighted by Gasteiger charge is 2.05. The lowest BCUT2D eigenvalue weighted by atomic mass is 10.2. The van der Waals surface area contributed by atoms with E-state index in [1.807, 2.05) is 24.3 Å². The molecule has 1 aromatic heterocycles. The van der Waals surface area contributed by atoms with Crippen molar-refractivity contribution in [2.75, 3.05) is 11.9 Å². The second kappa shape index (κ2) is 6.44. The summed E-state index contributed by atoms with van der Waals surface area (Å²) in [5.41, 5.74) is 6.39. The van der Waals surface area contributed by atoms with Crippen LogP contribution in [0.25, 0.3) is 0 Å². The number of benzene rings is 1. The molecule has 0 aliphatic carbocycles. The molecule has 2 rings (SSSR count). The van der Waals surface area contributed by atoms with Crippen LogP contribution < -0.4 is 11.1 Å². The summed E-state index contributed by atoms with van der Waals surface area (Å²) in [5.74, 6) is 0.121. The predicted molar refractivity (Wildman–Crippen MR) is 75.6 cm³/mol. The number of carbonyl (C=O) groups excluding carboxylic acids is 1. The van der Waals surface area contributed by atoms with E-state index in [1.165, 1.54) is 0 Å². The average Bonchev–Trinajstić information content (AvgIpc) is 2.76. The number of halogens is 1. The van der Waals surface area contributed by atoms with Crippen LogP contribution in [0.3, 0.4) is 0 Å². The summed E-state index contributed by atoms with van der Waals surface area (Å²) in [5, 5.41) is 6.76. The van der Waals surface area contributed by atoms with Gasteiger partial charge in [0.05, 0.1) is 6.54 Å². The van der Waals surface area contributed by atoms with Gasteiger partial charge in [0.2, 0.25) is 11.9 Å². The van der Waals surface area contributed by atoms with Crippen molar-refractivity contribution in [1.29, 1.82) is 0 Å². The van der Waals surface area contributed by atoms with Crippen LogP contribution in [-0.4, -0.2) is 27.2 Å². The van der Waals surface area contributed by atoms with Crippen molar-refractivity contribution >= 4 is 27.8 Å². The molecule has 0 aliphatic heterocycles. The maximum Gasteiger partial charge on any atom is 0.248 e. The van der Waals surface area contributed by atoms with Crippen molar-refractivity contribution in [2.24, 2.45) is 5.73 Å². The maximum atomic E-state index is 11.3. The van der Waals surface area contributed by atoms with Crippen molar-refractivity contribution in [1.82, 2.24) is 14.8 Å². The Morgan fingerprint density at radius 2 is 2.32 bits per heavy atom. The molecule has 0 atom stereocenters.